The molecule has 2 N–H and O–H groups in total. The van der Waals surface area contributed by atoms with E-state index in [2.05, 4.69) is 6.07 Å². The van der Waals surface area contributed by atoms with Crippen molar-refractivity contribution in [2.75, 3.05) is 23.5 Å². The van der Waals surface area contributed by atoms with Crippen molar-refractivity contribution >= 4 is 23.3 Å². The van der Waals surface area contributed by atoms with Crippen molar-refractivity contribution in [3.05, 3.63) is 82.8 Å². The second kappa shape index (κ2) is 5.72. The van der Waals surface area contributed by atoms with Gasteiger partial charge in [0.25, 0.3) is 0 Å². The zero-order chi connectivity index (χ0) is 20.3. The number of carbonyl (C=O) groups excluding carboxylic acids is 2. The number of amides is 1. The van der Waals surface area contributed by atoms with Gasteiger partial charge >= 0.3 is 5.97 Å². The van der Waals surface area contributed by atoms with Crippen molar-refractivity contribution in [2.24, 2.45) is 5.73 Å². The van der Waals surface area contributed by atoms with E-state index >= 15 is 0 Å². The Balaban J connectivity index is 1.90. The van der Waals surface area contributed by atoms with Crippen LogP contribution in [0.5, 0.6) is 0 Å². The van der Waals surface area contributed by atoms with Crippen molar-refractivity contribution in [1.82, 2.24) is 0 Å². The number of ether oxygens (including phenoxy) is 1. The Morgan fingerprint density at radius 1 is 1.10 bits per heavy atom. The highest BCUT2D eigenvalue weighted by Crippen LogP contribution is 2.55. The smallest absolute Gasteiger partial charge is 0.338 e. The fraction of sp³-hybridized carbons (Fsp3) is 0.136. The van der Waals surface area contributed by atoms with Crippen LogP contribution in [0.25, 0.3) is 0 Å². The quantitative estimate of drug-likeness (QED) is 0.754. The Morgan fingerprint density at radius 2 is 1.79 bits per heavy atom. The van der Waals surface area contributed by atoms with E-state index in [0.29, 0.717) is 22.6 Å². The van der Waals surface area contributed by atoms with Gasteiger partial charge in [0.15, 0.2) is 0 Å². The van der Waals surface area contributed by atoms with Gasteiger partial charge in [0.2, 0.25) is 5.91 Å². The molecule has 5 rings (SSSR count). The molecule has 29 heavy (non-hydrogen) atoms. The predicted octanol–water partition coefficient (Wildman–Crippen LogP) is 1.93. The average Bonchev–Trinajstić information content (AvgIpc) is 3.22. The number of nitrogens with two attached hydrogens (primary N) is 1. The van der Waals surface area contributed by atoms with Crippen LogP contribution in [0.3, 0.4) is 0 Å². The van der Waals surface area contributed by atoms with Gasteiger partial charge in [-0.2, -0.15) is 5.26 Å². The third kappa shape index (κ3) is 1.90. The minimum Gasteiger partial charge on any atom is -0.456 e. The second-order valence-electron chi connectivity index (χ2n) is 7.07. The van der Waals surface area contributed by atoms with Gasteiger partial charge in [0.05, 0.1) is 16.8 Å². The van der Waals surface area contributed by atoms with E-state index in [9.17, 15) is 14.9 Å². The summed E-state index contributed by atoms with van der Waals surface area (Å²) in [5.41, 5.74) is 7.45. The molecular formula is C22H16N4O3. The standard InChI is InChI=1S/C22H16N4O3/c1-25-16-10-6-5-9-14(16)22(21(25)28)15(11-23)19(24)26(13-7-3-2-4-8-13)17-12-29-20(27)18(17)22/h2-10H,12,24H2,1H3. The van der Waals surface area contributed by atoms with Gasteiger partial charge < -0.3 is 15.4 Å². The van der Waals surface area contributed by atoms with Gasteiger partial charge in [0.1, 0.15) is 23.9 Å². The molecule has 0 aliphatic carbocycles. The van der Waals surface area contributed by atoms with Gasteiger partial charge in [-0.15, -0.1) is 0 Å². The number of para-hydroxylation sites is 2. The molecular weight excluding hydrogens is 368 g/mol. The van der Waals surface area contributed by atoms with Crippen LogP contribution < -0.4 is 15.5 Å². The molecule has 0 aromatic heterocycles. The molecule has 0 radical (unpaired) electrons. The Hall–Kier alpha value is -4.05. The minimum absolute atomic E-state index is 0.0244. The summed E-state index contributed by atoms with van der Waals surface area (Å²) in [6.07, 6.45) is 0. The van der Waals surface area contributed by atoms with Crippen LogP contribution in [0.2, 0.25) is 0 Å². The monoisotopic (exact) mass is 384 g/mol. The van der Waals surface area contributed by atoms with Crippen LogP contribution in [-0.2, 0) is 19.7 Å². The predicted molar refractivity (Wildman–Crippen MR) is 105 cm³/mol. The van der Waals surface area contributed by atoms with E-state index in [1.54, 1.807) is 30.1 Å². The summed E-state index contributed by atoms with van der Waals surface area (Å²) in [7, 11) is 1.63. The summed E-state index contributed by atoms with van der Waals surface area (Å²) in [6, 6.07) is 18.4. The Bertz CT molecular complexity index is 1190. The first-order valence-corrected chi connectivity index (χ1v) is 9.07. The minimum atomic E-state index is -1.60. The van der Waals surface area contributed by atoms with Crippen LogP contribution >= 0.6 is 0 Å². The van der Waals surface area contributed by atoms with E-state index in [0.717, 1.165) is 0 Å². The highest BCUT2D eigenvalue weighted by molar-refractivity contribution is 6.19. The number of hydrogen-bond acceptors (Lipinski definition) is 6. The fourth-order valence-corrected chi connectivity index (χ4v) is 4.57. The second-order valence-corrected chi connectivity index (χ2v) is 7.07. The lowest BCUT2D eigenvalue weighted by atomic mass is 9.67. The molecule has 0 bridgehead atoms. The highest BCUT2D eigenvalue weighted by Gasteiger charge is 2.63. The molecule has 1 atom stereocenters. The largest absolute Gasteiger partial charge is 0.456 e. The van der Waals surface area contributed by atoms with Gasteiger partial charge in [0, 0.05) is 24.0 Å². The maximum atomic E-state index is 13.6. The number of nitrogens with zero attached hydrogens (tertiary/aromatic N) is 3. The third-order valence-electron chi connectivity index (χ3n) is 5.77. The van der Waals surface area contributed by atoms with Crippen molar-refractivity contribution in [1.29, 1.82) is 5.26 Å². The van der Waals surface area contributed by atoms with Crippen LogP contribution in [0.1, 0.15) is 5.56 Å². The van der Waals surface area contributed by atoms with Crippen molar-refractivity contribution in [2.45, 2.75) is 5.41 Å². The van der Waals surface area contributed by atoms with E-state index in [1.165, 1.54) is 4.90 Å². The zero-order valence-electron chi connectivity index (χ0n) is 15.5. The first-order valence-electron chi connectivity index (χ1n) is 9.07. The van der Waals surface area contributed by atoms with Crippen molar-refractivity contribution < 1.29 is 14.3 Å². The maximum Gasteiger partial charge on any atom is 0.338 e. The molecule has 7 nitrogen and oxygen atoms in total. The molecule has 1 amide bonds. The molecule has 142 valence electrons. The molecule has 3 aliphatic heterocycles. The van der Waals surface area contributed by atoms with Crippen LogP contribution in [0.4, 0.5) is 11.4 Å². The molecule has 2 aromatic carbocycles. The topological polar surface area (TPSA) is 99.7 Å². The molecule has 7 heteroatoms. The van der Waals surface area contributed by atoms with E-state index in [4.69, 9.17) is 10.5 Å². The van der Waals surface area contributed by atoms with Gasteiger partial charge in [-0.05, 0) is 18.2 Å². The SMILES string of the molecule is CN1C(=O)C2(C(C#N)=C(N)N(c3ccccc3)C3=C2C(=O)OC3)c2ccccc21. The number of anilines is 2. The average molecular weight is 384 g/mol. The summed E-state index contributed by atoms with van der Waals surface area (Å²) in [5.74, 6) is -0.883. The third-order valence-corrected chi connectivity index (χ3v) is 5.77. The number of nitriles is 1. The summed E-state index contributed by atoms with van der Waals surface area (Å²) in [4.78, 5) is 29.6. The van der Waals surface area contributed by atoms with E-state index in [1.807, 2.05) is 36.4 Å². The molecule has 3 heterocycles. The molecule has 3 aliphatic rings. The number of benzene rings is 2. The number of esters is 1. The normalized spacial score (nSPS) is 22.8. The molecule has 1 unspecified atom stereocenters. The number of carbonyl (C=O) groups is 2. The molecule has 1 spiro atoms. The molecule has 0 saturated heterocycles. The Labute approximate surface area is 166 Å². The number of rotatable bonds is 1. The number of hydrogen-bond donors (Lipinski definition) is 1. The number of cyclic esters (lactones) is 1. The summed E-state index contributed by atoms with van der Waals surface area (Å²) >= 11 is 0. The summed E-state index contributed by atoms with van der Waals surface area (Å²) in [6.45, 7) is -0.0244. The molecule has 0 saturated carbocycles. The first-order chi connectivity index (χ1) is 14.0. The number of fused-ring (bicyclic) bond motifs is 3. The highest BCUT2D eigenvalue weighted by atomic mass is 16.5. The molecule has 2 aromatic rings. The first kappa shape index (κ1) is 17.1. The summed E-state index contributed by atoms with van der Waals surface area (Å²) < 4.78 is 5.36. The van der Waals surface area contributed by atoms with Gasteiger partial charge in [-0.3, -0.25) is 9.69 Å². The Morgan fingerprint density at radius 3 is 2.52 bits per heavy atom. The van der Waals surface area contributed by atoms with Crippen molar-refractivity contribution in [3.63, 3.8) is 0 Å². The lowest BCUT2D eigenvalue weighted by Gasteiger charge is -2.38. The van der Waals surface area contributed by atoms with E-state index in [-0.39, 0.29) is 23.6 Å². The maximum absolute atomic E-state index is 13.6. The summed E-state index contributed by atoms with van der Waals surface area (Å²) in [5, 5.41) is 10.1. The van der Waals surface area contributed by atoms with E-state index < -0.39 is 17.3 Å². The molecule has 0 fully saturated rings. The van der Waals surface area contributed by atoms with Crippen molar-refractivity contribution in [3.8, 4) is 6.07 Å². The van der Waals surface area contributed by atoms with Crippen LogP contribution in [0, 0.1) is 11.3 Å². The fourth-order valence-electron chi connectivity index (χ4n) is 4.57. The Kier molecular flexibility index (Phi) is 3.37. The van der Waals surface area contributed by atoms with Gasteiger partial charge in [-0.25, -0.2) is 4.79 Å². The van der Waals surface area contributed by atoms with Crippen LogP contribution in [-0.4, -0.2) is 25.5 Å². The zero-order valence-corrected chi connectivity index (χ0v) is 15.5. The lowest BCUT2D eigenvalue weighted by molar-refractivity contribution is -0.137. The van der Waals surface area contributed by atoms with Gasteiger partial charge in [-0.1, -0.05) is 36.4 Å². The lowest BCUT2D eigenvalue weighted by Crippen LogP contribution is -2.50. The number of likely N-dealkylation sites (N-methyl/N-ethyl adjacent to an activating group) is 1. The van der Waals surface area contributed by atoms with Crippen LogP contribution in [0.15, 0.2) is 77.3 Å².